The highest BCUT2D eigenvalue weighted by atomic mass is 15.1. The van der Waals surface area contributed by atoms with Crippen LogP contribution in [0.2, 0.25) is 0 Å². The lowest BCUT2D eigenvalue weighted by Crippen LogP contribution is -1.92. The van der Waals surface area contributed by atoms with Gasteiger partial charge in [-0.15, -0.1) is 0 Å². The summed E-state index contributed by atoms with van der Waals surface area (Å²) in [5.74, 6) is 0. The third-order valence-electron chi connectivity index (χ3n) is 1.15. The molecule has 0 saturated heterocycles. The normalized spacial score (nSPS) is 8.73. The Labute approximate surface area is 63.7 Å². The van der Waals surface area contributed by atoms with Gasteiger partial charge in [0.2, 0.25) is 0 Å². The van der Waals surface area contributed by atoms with E-state index >= 15 is 0 Å². The van der Waals surface area contributed by atoms with E-state index in [4.69, 9.17) is 5.53 Å². The molecule has 1 aromatic rings. The van der Waals surface area contributed by atoms with Gasteiger partial charge in [-0.1, -0.05) is 5.11 Å². The lowest BCUT2D eigenvalue weighted by atomic mass is 10.3. The van der Waals surface area contributed by atoms with Crippen molar-refractivity contribution in [2.24, 2.45) is 5.11 Å². The van der Waals surface area contributed by atoms with Crippen molar-refractivity contribution in [3.63, 3.8) is 0 Å². The number of aromatic nitrogens is 2. The van der Waals surface area contributed by atoms with Gasteiger partial charge in [0.25, 0.3) is 0 Å². The van der Waals surface area contributed by atoms with Crippen molar-refractivity contribution in [2.75, 3.05) is 6.54 Å². The summed E-state index contributed by atoms with van der Waals surface area (Å²) < 4.78 is 0. The maximum Gasteiger partial charge on any atom is 0.0587 e. The Hall–Kier alpha value is -1.61. The van der Waals surface area contributed by atoms with Gasteiger partial charge in [0.05, 0.1) is 5.69 Å². The van der Waals surface area contributed by atoms with Crippen LogP contribution in [0, 0.1) is 0 Å². The van der Waals surface area contributed by atoms with Crippen LogP contribution in [0.25, 0.3) is 10.4 Å². The van der Waals surface area contributed by atoms with E-state index in [-0.39, 0.29) is 0 Å². The van der Waals surface area contributed by atoms with Crippen LogP contribution in [-0.2, 0) is 6.42 Å². The van der Waals surface area contributed by atoms with Crippen LogP contribution in [0.5, 0.6) is 0 Å². The maximum absolute atomic E-state index is 7.97. The average molecular weight is 149 g/mol. The second-order valence-electron chi connectivity index (χ2n) is 1.90. The number of azide groups is 1. The molecule has 1 rings (SSSR count). The molecule has 11 heavy (non-hydrogen) atoms. The molecule has 1 aromatic heterocycles. The van der Waals surface area contributed by atoms with Gasteiger partial charge >= 0.3 is 0 Å². The molecule has 0 N–H and O–H groups in total. The Morgan fingerprint density at radius 1 is 1.55 bits per heavy atom. The minimum Gasteiger partial charge on any atom is -0.261 e. The van der Waals surface area contributed by atoms with Gasteiger partial charge in [0.15, 0.2) is 0 Å². The first kappa shape index (κ1) is 7.50. The monoisotopic (exact) mass is 149 g/mol. The van der Waals surface area contributed by atoms with E-state index in [0.717, 1.165) is 5.69 Å². The van der Waals surface area contributed by atoms with Crippen molar-refractivity contribution in [2.45, 2.75) is 6.42 Å². The molecule has 0 spiro atoms. The molecule has 0 unspecified atom stereocenters. The standard InChI is InChI=1S/C6H7N5/c7-11-10-2-1-6-5-8-3-4-9-6/h3-5H,1-2H2. The zero-order chi connectivity index (χ0) is 7.94. The van der Waals surface area contributed by atoms with E-state index in [1.807, 2.05) is 0 Å². The predicted molar refractivity (Wildman–Crippen MR) is 39.7 cm³/mol. The van der Waals surface area contributed by atoms with Crippen molar-refractivity contribution in [3.05, 3.63) is 34.7 Å². The lowest BCUT2D eigenvalue weighted by Gasteiger charge is -1.92. The van der Waals surface area contributed by atoms with Crippen LogP contribution in [0.3, 0.4) is 0 Å². The summed E-state index contributed by atoms with van der Waals surface area (Å²) in [6, 6.07) is 0. The second-order valence-corrected chi connectivity index (χ2v) is 1.90. The SMILES string of the molecule is [N-]=[N+]=NCCc1cnccn1. The molecular formula is C6H7N5. The van der Waals surface area contributed by atoms with Gasteiger partial charge in [0.1, 0.15) is 0 Å². The van der Waals surface area contributed by atoms with E-state index in [1.165, 1.54) is 0 Å². The van der Waals surface area contributed by atoms with Gasteiger partial charge in [-0.25, -0.2) is 0 Å². The zero-order valence-electron chi connectivity index (χ0n) is 5.88. The molecule has 0 aromatic carbocycles. The van der Waals surface area contributed by atoms with Crippen LogP contribution in [0.15, 0.2) is 23.7 Å². The van der Waals surface area contributed by atoms with Gasteiger partial charge in [0, 0.05) is 30.0 Å². The fraction of sp³-hybridized carbons (Fsp3) is 0.333. The minimum atomic E-state index is 0.440. The Kier molecular flexibility index (Phi) is 2.89. The summed E-state index contributed by atoms with van der Waals surface area (Å²) >= 11 is 0. The molecule has 0 atom stereocenters. The first-order chi connectivity index (χ1) is 5.43. The van der Waals surface area contributed by atoms with E-state index in [1.54, 1.807) is 18.6 Å². The minimum absolute atomic E-state index is 0.440. The molecule has 0 bridgehead atoms. The third-order valence-corrected chi connectivity index (χ3v) is 1.15. The van der Waals surface area contributed by atoms with Crippen LogP contribution in [-0.4, -0.2) is 16.5 Å². The molecule has 5 nitrogen and oxygen atoms in total. The number of nitrogens with zero attached hydrogens (tertiary/aromatic N) is 5. The first-order valence-electron chi connectivity index (χ1n) is 3.19. The lowest BCUT2D eigenvalue weighted by molar-refractivity contribution is 0.900. The summed E-state index contributed by atoms with van der Waals surface area (Å²) in [7, 11) is 0. The van der Waals surface area contributed by atoms with Crippen molar-refractivity contribution in [1.82, 2.24) is 9.97 Å². The predicted octanol–water partition coefficient (Wildman–Crippen LogP) is 1.33. The van der Waals surface area contributed by atoms with Gasteiger partial charge in [-0.3, -0.25) is 9.97 Å². The zero-order valence-corrected chi connectivity index (χ0v) is 5.88. The van der Waals surface area contributed by atoms with E-state index in [2.05, 4.69) is 20.0 Å². The van der Waals surface area contributed by atoms with Crippen molar-refractivity contribution in [3.8, 4) is 0 Å². The van der Waals surface area contributed by atoms with Gasteiger partial charge in [-0.05, 0) is 12.0 Å². The van der Waals surface area contributed by atoms with E-state index in [9.17, 15) is 0 Å². The molecule has 0 fully saturated rings. The number of rotatable bonds is 3. The van der Waals surface area contributed by atoms with Crippen LogP contribution in [0.1, 0.15) is 5.69 Å². The Balaban J connectivity index is 2.45. The van der Waals surface area contributed by atoms with Gasteiger partial charge in [-0.2, -0.15) is 0 Å². The average Bonchev–Trinajstić information content (AvgIpc) is 2.07. The summed E-state index contributed by atoms with van der Waals surface area (Å²) in [6.07, 6.45) is 5.53. The first-order valence-corrected chi connectivity index (χ1v) is 3.19. The molecule has 56 valence electrons. The van der Waals surface area contributed by atoms with Crippen molar-refractivity contribution >= 4 is 0 Å². The van der Waals surface area contributed by atoms with Crippen molar-refractivity contribution < 1.29 is 0 Å². The molecule has 0 aliphatic carbocycles. The molecule has 0 aliphatic rings. The molecule has 0 radical (unpaired) electrons. The molecule has 0 aliphatic heterocycles. The molecule has 5 heteroatoms. The molecule has 0 amide bonds. The van der Waals surface area contributed by atoms with Crippen LogP contribution in [0.4, 0.5) is 0 Å². The van der Waals surface area contributed by atoms with E-state index < -0.39 is 0 Å². The summed E-state index contributed by atoms with van der Waals surface area (Å²) in [5.41, 5.74) is 8.81. The van der Waals surface area contributed by atoms with Gasteiger partial charge < -0.3 is 0 Å². The maximum atomic E-state index is 7.97. The van der Waals surface area contributed by atoms with Crippen LogP contribution < -0.4 is 0 Å². The highest BCUT2D eigenvalue weighted by Gasteiger charge is 1.89. The van der Waals surface area contributed by atoms with Crippen molar-refractivity contribution in [1.29, 1.82) is 0 Å². The Morgan fingerprint density at radius 3 is 3.09 bits per heavy atom. The molecule has 0 saturated carbocycles. The van der Waals surface area contributed by atoms with E-state index in [0.29, 0.717) is 13.0 Å². The Morgan fingerprint density at radius 2 is 2.45 bits per heavy atom. The highest BCUT2D eigenvalue weighted by molar-refractivity contribution is 4.94. The largest absolute Gasteiger partial charge is 0.261 e. The summed E-state index contributed by atoms with van der Waals surface area (Å²) in [5, 5.41) is 3.38. The van der Waals surface area contributed by atoms with Crippen LogP contribution >= 0.6 is 0 Å². The number of hydrogen-bond acceptors (Lipinski definition) is 3. The second kappa shape index (κ2) is 4.24. The summed E-state index contributed by atoms with van der Waals surface area (Å²) in [4.78, 5) is 10.5. The summed E-state index contributed by atoms with van der Waals surface area (Å²) in [6.45, 7) is 0.440. The smallest absolute Gasteiger partial charge is 0.0587 e. The third kappa shape index (κ3) is 2.64. The fourth-order valence-electron chi connectivity index (χ4n) is 0.668. The molecular weight excluding hydrogens is 142 g/mol. The number of hydrogen-bond donors (Lipinski definition) is 0. The highest BCUT2D eigenvalue weighted by Crippen LogP contribution is 1.91. The quantitative estimate of drug-likeness (QED) is 0.369. The topological polar surface area (TPSA) is 74.5 Å². The Bertz CT molecular complexity index is 251. The molecule has 1 heterocycles. The fourth-order valence-corrected chi connectivity index (χ4v) is 0.668.